The Morgan fingerprint density at radius 3 is 2.74 bits per heavy atom. The van der Waals surface area contributed by atoms with E-state index in [1.165, 1.54) is 0 Å². The second-order valence-electron chi connectivity index (χ2n) is 5.38. The van der Waals surface area contributed by atoms with Crippen LogP contribution >= 0.6 is 0 Å². The number of nitrogens with two attached hydrogens (primary N) is 1. The summed E-state index contributed by atoms with van der Waals surface area (Å²) in [4.78, 5) is 12.3. The van der Waals surface area contributed by atoms with Crippen LogP contribution in [0.4, 0.5) is 5.69 Å². The fourth-order valence-corrected chi connectivity index (χ4v) is 2.91. The molecule has 0 saturated carbocycles. The van der Waals surface area contributed by atoms with E-state index >= 15 is 0 Å². The highest BCUT2D eigenvalue weighted by molar-refractivity contribution is 5.52. The third-order valence-electron chi connectivity index (χ3n) is 3.91. The van der Waals surface area contributed by atoms with Gasteiger partial charge >= 0.3 is 0 Å². The smallest absolute Gasteiger partial charge is 0.257 e. The molecule has 2 N–H and O–H groups in total. The first-order valence-electron chi connectivity index (χ1n) is 6.75. The van der Waals surface area contributed by atoms with E-state index in [2.05, 4.69) is 6.92 Å². The third kappa shape index (κ3) is 2.05. The number of para-hydroxylation sites is 1. The number of rotatable bonds is 1. The van der Waals surface area contributed by atoms with E-state index in [9.17, 15) is 4.79 Å². The SMILES string of the molecule is CC1CCc2c(c(N)cc(=O)n2-c2ccccc2)C1. The number of fused-ring (bicyclic) bond motifs is 1. The molecule has 2 aromatic rings. The Bertz CT molecular complexity index is 658. The first-order chi connectivity index (χ1) is 9.16. The van der Waals surface area contributed by atoms with Crippen LogP contribution in [0.25, 0.3) is 5.69 Å². The minimum absolute atomic E-state index is 0.0306. The molecule has 1 unspecified atom stereocenters. The lowest BCUT2D eigenvalue weighted by Gasteiger charge is -2.26. The van der Waals surface area contributed by atoms with Crippen LogP contribution in [0.15, 0.2) is 41.2 Å². The summed E-state index contributed by atoms with van der Waals surface area (Å²) >= 11 is 0. The van der Waals surface area contributed by atoms with Crippen molar-refractivity contribution in [2.24, 2.45) is 5.92 Å². The van der Waals surface area contributed by atoms with Gasteiger partial charge in [-0.2, -0.15) is 0 Å². The number of nitrogen functional groups attached to an aromatic ring is 1. The standard InChI is InChI=1S/C16H18N2O/c1-11-7-8-15-13(9-11)14(17)10-16(19)18(15)12-5-3-2-4-6-12/h2-6,10-11H,7-9,17H2,1H3. The summed E-state index contributed by atoms with van der Waals surface area (Å²) in [6, 6.07) is 11.4. The van der Waals surface area contributed by atoms with E-state index in [0.29, 0.717) is 11.6 Å². The summed E-state index contributed by atoms with van der Waals surface area (Å²) in [6.45, 7) is 2.24. The van der Waals surface area contributed by atoms with Gasteiger partial charge in [-0.3, -0.25) is 9.36 Å². The quantitative estimate of drug-likeness (QED) is 0.850. The molecule has 1 aromatic heterocycles. The summed E-state index contributed by atoms with van der Waals surface area (Å²) in [7, 11) is 0. The summed E-state index contributed by atoms with van der Waals surface area (Å²) in [5.41, 5.74) is 9.83. The maximum absolute atomic E-state index is 12.3. The van der Waals surface area contributed by atoms with Crippen LogP contribution in [0.3, 0.4) is 0 Å². The third-order valence-corrected chi connectivity index (χ3v) is 3.91. The van der Waals surface area contributed by atoms with Gasteiger partial charge in [0.15, 0.2) is 0 Å². The van der Waals surface area contributed by atoms with Gasteiger partial charge in [-0.25, -0.2) is 0 Å². The number of pyridine rings is 1. The molecule has 98 valence electrons. The molecule has 1 aliphatic carbocycles. The molecule has 19 heavy (non-hydrogen) atoms. The summed E-state index contributed by atoms with van der Waals surface area (Å²) in [5, 5.41) is 0. The van der Waals surface area contributed by atoms with Crippen LogP contribution in [0.1, 0.15) is 24.6 Å². The zero-order valence-electron chi connectivity index (χ0n) is 11.1. The molecule has 0 aliphatic heterocycles. The Morgan fingerprint density at radius 1 is 1.26 bits per heavy atom. The molecule has 0 amide bonds. The van der Waals surface area contributed by atoms with Gasteiger partial charge in [0.05, 0.1) is 0 Å². The number of benzene rings is 1. The van der Waals surface area contributed by atoms with Gasteiger partial charge in [-0.05, 0) is 42.9 Å². The predicted molar refractivity (Wildman–Crippen MR) is 77.6 cm³/mol. The lowest BCUT2D eigenvalue weighted by atomic mass is 9.86. The van der Waals surface area contributed by atoms with E-state index in [1.807, 2.05) is 34.9 Å². The molecule has 3 rings (SSSR count). The maximum atomic E-state index is 12.3. The molecule has 3 heteroatoms. The van der Waals surface area contributed by atoms with Crippen molar-refractivity contribution in [1.29, 1.82) is 0 Å². The van der Waals surface area contributed by atoms with Crippen LogP contribution in [-0.4, -0.2) is 4.57 Å². The first-order valence-corrected chi connectivity index (χ1v) is 6.75. The monoisotopic (exact) mass is 254 g/mol. The zero-order chi connectivity index (χ0) is 13.4. The highest BCUT2D eigenvalue weighted by atomic mass is 16.1. The van der Waals surface area contributed by atoms with Gasteiger partial charge < -0.3 is 5.73 Å². The minimum Gasteiger partial charge on any atom is -0.398 e. The Morgan fingerprint density at radius 2 is 2.00 bits per heavy atom. The van der Waals surface area contributed by atoms with Crippen LogP contribution in [-0.2, 0) is 12.8 Å². The molecule has 1 aliphatic rings. The highest BCUT2D eigenvalue weighted by Gasteiger charge is 2.21. The number of hydrogen-bond donors (Lipinski definition) is 1. The van der Waals surface area contributed by atoms with Gasteiger partial charge in [0.1, 0.15) is 0 Å². The zero-order valence-corrected chi connectivity index (χ0v) is 11.1. The minimum atomic E-state index is -0.0306. The second-order valence-corrected chi connectivity index (χ2v) is 5.38. The Hall–Kier alpha value is -2.03. The molecule has 0 fully saturated rings. The van der Waals surface area contributed by atoms with Crippen molar-refractivity contribution in [3.63, 3.8) is 0 Å². The van der Waals surface area contributed by atoms with Gasteiger partial charge in [-0.1, -0.05) is 25.1 Å². The Balaban J connectivity index is 2.26. The van der Waals surface area contributed by atoms with Gasteiger partial charge in [0.2, 0.25) is 0 Å². The molecule has 1 heterocycles. The van der Waals surface area contributed by atoms with E-state index in [-0.39, 0.29) is 5.56 Å². The predicted octanol–water partition coefficient (Wildman–Crippen LogP) is 2.54. The molecule has 0 saturated heterocycles. The Labute approximate surface area is 112 Å². The molecular formula is C16H18N2O. The van der Waals surface area contributed by atoms with Gasteiger partial charge in [0.25, 0.3) is 5.56 Å². The normalized spacial score (nSPS) is 18.1. The van der Waals surface area contributed by atoms with Crippen LogP contribution in [0.2, 0.25) is 0 Å². The Kier molecular flexibility index (Phi) is 2.90. The van der Waals surface area contributed by atoms with Crippen molar-refractivity contribution >= 4 is 5.69 Å². The van der Waals surface area contributed by atoms with Gasteiger partial charge in [0, 0.05) is 23.1 Å². The average Bonchev–Trinajstić information content (AvgIpc) is 2.41. The fourth-order valence-electron chi connectivity index (χ4n) is 2.91. The summed E-state index contributed by atoms with van der Waals surface area (Å²) in [6.07, 6.45) is 3.00. The molecule has 3 nitrogen and oxygen atoms in total. The molecule has 0 spiro atoms. The number of nitrogens with zero attached hydrogens (tertiary/aromatic N) is 1. The molecule has 0 bridgehead atoms. The van der Waals surface area contributed by atoms with Crippen molar-refractivity contribution in [2.75, 3.05) is 5.73 Å². The second kappa shape index (κ2) is 4.57. The van der Waals surface area contributed by atoms with Crippen LogP contribution < -0.4 is 11.3 Å². The van der Waals surface area contributed by atoms with Crippen LogP contribution in [0.5, 0.6) is 0 Å². The van der Waals surface area contributed by atoms with Crippen LogP contribution in [0, 0.1) is 5.92 Å². The lowest BCUT2D eigenvalue weighted by molar-refractivity contribution is 0.488. The molecular weight excluding hydrogens is 236 g/mol. The molecule has 1 aromatic carbocycles. The van der Waals surface area contributed by atoms with Gasteiger partial charge in [-0.15, -0.1) is 0 Å². The molecule has 0 radical (unpaired) electrons. The summed E-state index contributed by atoms with van der Waals surface area (Å²) < 4.78 is 1.82. The van der Waals surface area contributed by atoms with E-state index in [4.69, 9.17) is 5.73 Å². The van der Waals surface area contributed by atoms with E-state index in [1.54, 1.807) is 6.07 Å². The maximum Gasteiger partial charge on any atom is 0.257 e. The van der Waals surface area contributed by atoms with E-state index in [0.717, 1.165) is 36.2 Å². The van der Waals surface area contributed by atoms with Crippen molar-refractivity contribution < 1.29 is 0 Å². The first kappa shape index (κ1) is 12.0. The highest BCUT2D eigenvalue weighted by Crippen LogP contribution is 2.29. The lowest BCUT2D eigenvalue weighted by Crippen LogP contribution is -2.27. The largest absolute Gasteiger partial charge is 0.398 e. The fraction of sp³-hybridized carbons (Fsp3) is 0.312. The topological polar surface area (TPSA) is 48.0 Å². The number of aromatic nitrogens is 1. The summed E-state index contributed by atoms with van der Waals surface area (Å²) in [5.74, 6) is 0.636. The average molecular weight is 254 g/mol. The van der Waals surface area contributed by atoms with E-state index < -0.39 is 0 Å². The number of hydrogen-bond acceptors (Lipinski definition) is 2. The van der Waals surface area contributed by atoms with Crippen molar-refractivity contribution in [3.05, 3.63) is 58.0 Å². The van der Waals surface area contributed by atoms with Crippen molar-refractivity contribution in [3.8, 4) is 5.69 Å². The van der Waals surface area contributed by atoms with Crippen molar-refractivity contribution in [2.45, 2.75) is 26.2 Å². The molecule has 1 atom stereocenters. The van der Waals surface area contributed by atoms with Crippen molar-refractivity contribution in [1.82, 2.24) is 4.57 Å². The number of anilines is 1.